The molecule has 2 unspecified atom stereocenters. The van der Waals surface area contributed by atoms with Crippen molar-refractivity contribution in [3.8, 4) is 0 Å². The number of rotatable bonds is 6. The molecule has 0 radical (unpaired) electrons. The number of alkyl halides is 3. The van der Waals surface area contributed by atoms with Crippen LogP contribution >= 0.6 is 0 Å². The van der Waals surface area contributed by atoms with E-state index in [1.807, 2.05) is 6.07 Å². The Kier molecular flexibility index (Phi) is 6.38. The number of halogens is 3. The minimum absolute atomic E-state index is 0.144. The molecule has 0 aromatic heterocycles. The molecule has 2 fully saturated rings. The van der Waals surface area contributed by atoms with Crippen molar-refractivity contribution in [1.82, 2.24) is 0 Å². The van der Waals surface area contributed by atoms with E-state index >= 15 is 0 Å². The number of hydrogen-bond acceptors (Lipinski definition) is 4. The molecule has 2 aromatic carbocycles. The monoisotopic (exact) mass is 450 g/mol. The molecule has 174 valence electrons. The molecule has 0 spiro atoms. The zero-order chi connectivity index (χ0) is 23.1. The molecule has 1 saturated carbocycles. The molecule has 7 heteroatoms. The summed E-state index contributed by atoms with van der Waals surface area (Å²) in [6.45, 7) is 0.615. The molecule has 4 rings (SSSR count). The summed E-state index contributed by atoms with van der Waals surface area (Å²) in [5.74, 6) is 0.493. The van der Waals surface area contributed by atoms with Gasteiger partial charge in [0.25, 0.3) is 0 Å². The maximum Gasteiger partial charge on any atom is 0.421 e. The Morgan fingerprint density at radius 3 is 2.31 bits per heavy atom. The second-order valence-corrected chi connectivity index (χ2v) is 9.23. The number of ether oxygens (including phenoxy) is 1. The van der Waals surface area contributed by atoms with Crippen LogP contribution in [0.4, 0.5) is 13.2 Å². The Bertz CT molecular complexity index is 935. The Hall–Kier alpha value is -1.93. The maximum atomic E-state index is 13.1. The van der Waals surface area contributed by atoms with E-state index in [4.69, 9.17) is 4.74 Å². The van der Waals surface area contributed by atoms with Crippen LogP contribution in [0.2, 0.25) is 0 Å². The van der Waals surface area contributed by atoms with Crippen molar-refractivity contribution in [2.24, 2.45) is 0 Å². The maximum absolute atomic E-state index is 13.1. The summed E-state index contributed by atoms with van der Waals surface area (Å²) in [6.07, 6.45) is -2.35. The first-order valence-electron chi connectivity index (χ1n) is 11.0. The Morgan fingerprint density at radius 1 is 1.03 bits per heavy atom. The van der Waals surface area contributed by atoms with Crippen molar-refractivity contribution < 1.29 is 33.2 Å². The van der Waals surface area contributed by atoms with Crippen molar-refractivity contribution >= 4 is 0 Å². The van der Waals surface area contributed by atoms with Crippen LogP contribution in [0, 0.1) is 0 Å². The molecule has 0 bridgehead atoms. The first-order chi connectivity index (χ1) is 15.1. The fraction of sp³-hybridized carbons (Fsp3) is 0.520. The van der Waals surface area contributed by atoms with E-state index in [2.05, 4.69) is 12.1 Å². The quantitative estimate of drug-likeness (QED) is 0.606. The van der Waals surface area contributed by atoms with Crippen LogP contribution in [-0.2, 0) is 16.8 Å². The molecule has 1 heterocycles. The lowest BCUT2D eigenvalue weighted by atomic mass is 9.89. The van der Waals surface area contributed by atoms with Gasteiger partial charge in [-0.1, -0.05) is 42.5 Å². The number of hydrogen-bond donors (Lipinski definition) is 3. The molecular formula is C25H29F3O4. The second kappa shape index (κ2) is 8.78. The fourth-order valence-corrected chi connectivity index (χ4v) is 4.42. The highest BCUT2D eigenvalue weighted by molar-refractivity contribution is 5.41. The van der Waals surface area contributed by atoms with Crippen LogP contribution < -0.4 is 0 Å². The molecule has 2 aliphatic rings. The zero-order valence-corrected chi connectivity index (χ0v) is 18.0. The Morgan fingerprint density at radius 2 is 1.72 bits per heavy atom. The van der Waals surface area contributed by atoms with Crippen LogP contribution in [0.1, 0.15) is 72.4 Å². The minimum Gasteiger partial charge on any atom is -0.394 e. The minimum atomic E-state index is -4.75. The van der Waals surface area contributed by atoms with Gasteiger partial charge in [0, 0.05) is 12.8 Å². The van der Waals surface area contributed by atoms with Gasteiger partial charge in [-0.3, -0.25) is 0 Å². The van der Waals surface area contributed by atoms with Gasteiger partial charge >= 0.3 is 6.18 Å². The molecule has 1 saturated heterocycles. The SMILES string of the molecule is CC(O)(c1ccc(Cc2cc([C@H]3CC(O)C[C@@H](CO)O3)ccc2C2CC2)cc1)C(F)(F)F. The summed E-state index contributed by atoms with van der Waals surface area (Å²) in [5.41, 5.74) is 1.01. The van der Waals surface area contributed by atoms with Gasteiger partial charge in [0.15, 0.2) is 5.60 Å². The van der Waals surface area contributed by atoms with Gasteiger partial charge in [0.2, 0.25) is 0 Å². The van der Waals surface area contributed by atoms with Crippen molar-refractivity contribution in [3.05, 3.63) is 70.3 Å². The molecular weight excluding hydrogens is 421 g/mol. The number of aliphatic hydroxyl groups is 3. The molecule has 32 heavy (non-hydrogen) atoms. The van der Waals surface area contributed by atoms with Crippen LogP contribution in [-0.4, -0.2) is 40.3 Å². The van der Waals surface area contributed by atoms with Crippen LogP contribution in [0.5, 0.6) is 0 Å². The van der Waals surface area contributed by atoms with E-state index in [0.29, 0.717) is 25.2 Å². The number of aliphatic hydroxyl groups excluding tert-OH is 2. The summed E-state index contributed by atoms with van der Waals surface area (Å²) in [5, 5.41) is 29.5. The average Bonchev–Trinajstić information content (AvgIpc) is 3.58. The van der Waals surface area contributed by atoms with Crippen LogP contribution in [0.25, 0.3) is 0 Å². The largest absolute Gasteiger partial charge is 0.421 e. The van der Waals surface area contributed by atoms with Crippen molar-refractivity contribution in [1.29, 1.82) is 0 Å². The molecule has 0 amide bonds. The summed E-state index contributed by atoms with van der Waals surface area (Å²) >= 11 is 0. The summed E-state index contributed by atoms with van der Waals surface area (Å²) in [6, 6.07) is 12.1. The first-order valence-corrected chi connectivity index (χ1v) is 11.0. The predicted molar refractivity (Wildman–Crippen MR) is 113 cm³/mol. The topological polar surface area (TPSA) is 69.9 Å². The van der Waals surface area contributed by atoms with E-state index in [1.165, 1.54) is 17.7 Å². The average molecular weight is 450 g/mol. The highest BCUT2D eigenvalue weighted by Gasteiger charge is 2.51. The third kappa shape index (κ3) is 4.86. The van der Waals surface area contributed by atoms with Gasteiger partial charge in [0.05, 0.1) is 24.9 Å². The highest BCUT2D eigenvalue weighted by atomic mass is 19.4. The van der Waals surface area contributed by atoms with Gasteiger partial charge in [0.1, 0.15) is 0 Å². The van der Waals surface area contributed by atoms with Crippen molar-refractivity contribution in [2.75, 3.05) is 6.61 Å². The third-order valence-corrected chi connectivity index (χ3v) is 6.60. The van der Waals surface area contributed by atoms with Gasteiger partial charge in [-0.2, -0.15) is 13.2 Å². The summed E-state index contributed by atoms with van der Waals surface area (Å²) in [7, 11) is 0. The number of benzene rings is 2. The third-order valence-electron chi connectivity index (χ3n) is 6.60. The van der Waals surface area contributed by atoms with Gasteiger partial charge in [-0.05, 0) is 59.9 Å². The lowest BCUT2D eigenvalue weighted by Crippen LogP contribution is -2.39. The van der Waals surface area contributed by atoms with E-state index in [-0.39, 0.29) is 18.3 Å². The molecule has 1 aliphatic heterocycles. The molecule has 4 nitrogen and oxygen atoms in total. The van der Waals surface area contributed by atoms with E-state index in [1.54, 1.807) is 12.1 Å². The molecule has 1 aliphatic carbocycles. The lowest BCUT2D eigenvalue weighted by molar-refractivity contribution is -0.258. The summed E-state index contributed by atoms with van der Waals surface area (Å²) < 4.78 is 45.3. The Labute approximate surface area is 185 Å². The summed E-state index contributed by atoms with van der Waals surface area (Å²) in [4.78, 5) is 0. The van der Waals surface area contributed by atoms with Crippen LogP contribution in [0.15, 0.2) is 42.5 Å². The zero-order valence-electron chi connectivity index (χ0n) is 18.0. The van der Waals surface area contributed by atoms with E-state index in [0.717, 1.165) is 36.5 Å². The van der Waals surface area contributed by atoms with Crippen LogP contribution in [0.3, 0.4) is 0 Å². The standard InChI is InChI=1S/C25H29F3O4/c1-24(31,25(26,27)28)19-7-2-15(3-8-19)10-18-11-17(6-9-22(18)16-4-5-16)23-13-20(30)12-21(14-29)32-23/h2-3,6-9,11,16,20-21,23,29-31H,4-5,10,12-14H2,1H3/t20?,21-,23+,24?/m0/s1. The highest BCUT2D eigenvalue weighted by Crippen LogP contribution is 2.44. The van der Waals surface area contributed by atoms with E-state index in [9.17, 15) is 28.5 Å². The van der Waals surface area contributed by atoms with E-state index < -0.39 is 24.0 Å². The second-order valence-electron chi connectivity index (χ2n) is 9.23. The first kappa shape index (κ1) is 23.2. The normalized spacial score (nSPS) is 26.0. The molecule has 4 atom stereocenters. The fourth-order valence-electron chi connectivity index (χ4n) is 4.42. The molecule has 2 aromatic rings. The molecule has 3 N–H and O–H groups in total. The van der Waals surface area contributed by atoms with Crippen molar-refractivity contribution in [3.63, 3.8) is 0 Å². The van der Waals surface area contributed by atoms with Gasteiger partial charge in [-0.25, -0.2) is 0 Å². The smallest absolute Gasteiger partial charge is 0.394 e. The predicted octanol–water partition coefficient (Wildman–Crippen LogP) is 4.50. The van der Waals surface area contributed by atoms with Gasteiger partial charge in [-0.15, -0.1) is 0 Å². The lowest BCUT2D eigenvalue weighted by Gasteiger charge is -2.33. The van der Waals surface area contributed by atoms with Gasteiger partial charge < -0.3 is 20.1 Å². The van der Waals surface area contributed by atoms with Crippen molar-refractivity contribution in [2.45, 2.75) is 75.0 Å². The Balaban J connectivity index is 1.58.